The molecule has 1 aliphatic rings. The van der Waals surface area contributed by atoms with Gasteiger partial charge in [-0.2, -0.15) is 5.26 Å². The molecule has 0 N–H and O–H groups in total. The summed E-state index contributed by atoms with van der Waals surface area (Å²) in [5.41, 5.74) is 0.874. The zero-order valence-electron chi connectivity index (χ0n) is 17.8. The van der Waals surface area contributed by atoms with Crippen LogP contribution in [0.2, 0.25) is 0 Å². The van der Waals surface area contributed by atoms with Gasteiger partial charge < -0.3 is 4.74 Å². The SMILES string of the molecule is N#CC1(c2ccccc2)CC(CC(=O)c2ccccc2)CC(CC(=O)c2ccccc2)O1. The predicted octanol–water partition coefficient (Wildman–Crippen LogP) is 5.75. The van der Waals surface area contributed by atoms with Gasteiger partial charge in [0.25, 0.3) is 0 Å². The molecule has 0 spiro atoms. The van der Waals surface area contributed by atoms with Crippen LogP contribution >= 0.6 is 0 Å². The van der Waals surface area contributed by atoms with E-state index in [-0.39, 0.29) is 23.9 Å². The number of ketones is 2. The van der Waals surface area contributed by atoms with Crippen molar-refractivity contribution < 1.29 is 14.3 Å². The molecule has 0 bridgehead atoms. The molecular formula is C28H25NO3. The van der Waals surface area contributed by atoms with Crippen molar-refractivity contribution in [3.63, 3.8) is 0 Å². The van der Waals surface area contributed by atoms with E-state index in [4.69, 9.17) is 4.74 Å². The van der Waals surface area contributed by atoms with E-state index in [0.29, 0.717) is 30.4 Å². The van der Waals surface area contributed by atoms with Crippen molar-refractivity contribution in [1.82, 2.24) is 0 Å². The second-order valence-electron chi connectivity index (χ2n) is 8.34. The van der Waals surface area contributed by atoms with Gasteiger partial charge in [0.15, 0.2) is 17.2 Å². The van der Waals surface area contributed by atoms with Gasteiger partial charge >= 0.3 is 0 Å². The lowest BCUT2D eigenvalue weighted by Gasteiger charge is -2.40. The first-order chi connectivity index (χ1) is 15.6. The van der Waals surface area contributed by atoms with Crippen molar-refractivity contribution in [2.75, 3.05) is 0 Å². The summed E-state index contributed by atoms with van der Waals surface area (Å²) in [6.45, 7) is 0. The van der Waals surface area contributed by atoms with Crippen molar-refractivity contribution in [3.8, 4) is 6.07 Å². The number of nitrogens with zero attached hydrogens (tertiary/aromatic N) is 1. The predicted molar refractivity (Wildman–Crippen MR) is 122 cm³/mol. The summed E-state index contributed by atoms with van der Waals surface area (Å²) >= 11 is 0. The van der Waals surface area contributed by atoms with Gasteiger partial charge in [0.1, 0.15) is 6.07 Å². The maximum atomic E-state index is 12.9. The van der Waals surface area contributed by atoms with Gasteiger partial charge in [-0.05, 0) is 24.3 Å². The zero-order chi connectivity index (χ0) is 22.4. The van der Waals surface area contributed by atoms with Crippen LogP contribution < -0.4 is 0 Å². The van der Waals surface area contributed by atoms with Crippen LogP contribution in [-0.4, -0.2) is 17.7 Å². The lowest BCUT2D eigenvalue weighted by atomic mass is 9.76. The monoisotopic (exact) mass is 423 g/mol. The fourth-order valence-corrected chi connectivity index (χ4v) is 4.51. The molecule has 0 aromatic heterocycles. The van der Waals surface area contributed by atoms with Crippen LogP contribution in [-0.2, 0) is 10.3 Å². The summed E-state index contributed by atoms with van der Waals surface area (Å²) in [5, 5.41) is 10.2. The number of ether oxygens (including phenoxy) is 1. The standard InChI is InChI=1S/C28H25NO3/c29-20-28(24-14-8-3-9-15-24)19-21(17-26(30)22-10-4-1-5-11-22)16-25(32-28)18-27(31)23-12-6-2-7-13-23/h1-15,21,25H,16-19H2. The van der Waals surface area contributed by atoms with E-state index in [2.05, 4.69) is 6.07 Å². The van der Waals surface area contributed by atoms with Crippen LogP contribution in [0, 0.1) is 17.2 Å². The fraction of sp³-hybridized carbons (Fsp3) is 0.250. The Morgan fingerprint density at radius 3 is 1.84 bits per heavy atom. The van der Waals surface area contributed by atoms with Gasteiger partial charge in [0.05, 0.1) is 6.10 Å². The molecule has 0 aliphatic carbocycles. The first kappa shape index (κ1) is 21.7. The highest BCUT2D eigenvalue weighted by molar-refractivity contribution is 5.97. The zero-order valence-corrected chi connectivity index (χ0v) is 17.8. The van der Waals surface area contributed by atoms with E-state index >= 15 is 0 Å². The second kappa shape index (κ2) is 9.72. The minimum absolute atomic E-state index is 0.0227. The smallest absolute Gasteiger partial charge is 0.180 e. The number of hydrogen-bond donors (Lipinski definition) is 0. The van der Waals surface area contributed by atoms with Gasteiger partial charge in [0.2, 0.25) is 0 Å². The highest BCUT2D eigenvalue weighted by Crippen LogP contribution is 2.42. The summed E-state index contributed by atoms with van der Waals surface area (Å²) in [4.78, 5) is 25.8. The van der Waals surface area contributed by atoms with Crippen molar-refractivity contribution in [3.05, 3.63) is 108 Å². The molecular weight excluding hydrogens is 398 g/mol. The molecule has 0 saturated carbocycles. The van der Waals surface area contributed by atoms with Crippen LogP contribution in [0.3, 0.4) is 0 Å². The molecule has 0 radical (unpaired) electrons. The average molecular weight is 424 g/mol. The normalized spacial score (nSPS) is 22.6. The molecule has 3 aromatic rings. The lowest BCUT2D eigenvalue weighted by molar-refractivity contribution is -0.117. The number of benzene rings is 3. The molecule has 1 heterocycles. The molecule has 3 aromatic carbocycles. The van der Waals surface area contributed by atoms with Gasteiger partial charge in [-0.3, -0.25) is 9.59 Å². The lowest BCUT2D eigenvalue weighted by Crippen LogP contribution is -2.42. The number of carbonyl (C=O) groups excluding carboxylic acids is 2. The van der Waals surface area contributed by atoms with E-state index in [1.54, 1.807) is 12.1 Å². The van der Waals surface area contributed by atoms with E-state index in [1.165, 1.54) is 0 Å². The molecule has 3 unspecified atom stereocenters. The molecule has 160 valence electrons. The van der Waals surface area contributed by atoms with Gasteiger partial charge in [0, 0.05) is 24.0 Å². The molecule has 3 atom stereocenters. The Kier molecular flexibility index (Phi) is 6.58. The largest absolute Gasteiger partial charge is 0.352 e. The van der Waals surface area contributed by atoms with Crippen LogP contribution in [0.5, 0.6) is 0 Å². The van der Waals surface area contributed by atoms with Gasteiger partial charge in [-0.15, -0.1) is 0 Å². The molecule has 1 saturated heterocycles. The highest BCUT2D eigenvalue weighted by Gasteiger charge is 2.44. The minimum atomic E-state index is -1.18. The van der Waals surface area contributed by atoms with E-state index in [9.17, 15) is 14.9 Å². The van der Waals surface area contributed by atoms with Crippen LogP contribution in [0.4, 0.5) is 0 Å². The van der Waals surface area contributed by atoms with Crippen molar-refractivity contribution >= 4 is 11.6 Å². The number of Topliss-reactive ketones (excluding diaryl/α,β-unsaturated/α-hetero) is 2. The number of hydrogen-bond acceptors (Lipinski definition) is 4. The van der Waals surface area contributed by atoms with E-state index in [1.807, 2.05) is 78.9 Å². The highest BCUT2D eigenvalue weighted by atomic mass is 16.5. The summed E-state index contributed by atoms with van der Waals surface area (Å²) < 4.78 is 6.33. The summed E-state index contributed by atoms with van der Waals surface area (Å²) in [7, 11) is 0. The van der Waals surface area contributed by atoms with E-state index < -0.39 is 11.7 Å². The first-order valence-electron chi connectivity index (χ1n) is 10.9. The van der Waals surface area contributed by atoms with Crippen molar-refractivity contribution in [2.24, 2.45) is 5.92 Å². The number of nitriles is 1. The molecule has 4 rings (SSSR count). The Balaban J connectivity index is 1.59. The third-order valence-corrected chi connectivity index (χ3v) is 6.04. The minimum Gasteiger partial charge on any atom is -0.352 e. The molecule has 0 amide bonds. The summed E-state index contributed by atoms with van der Waals surface area (Å²) in [5.74, 6) is -0.0408. The van der Waals surface area contributed by atoms with Crippen LogP contribution in [0.25, 0.3) is 0 Å². The second-order valence-corrected chi connectivity index (χ2v) is 8.34. The molecule has 32 heavy (non-hydrogen) atoms. The Labute approximate surface area is 188 Å². The topological polar surface area (TPSA) is 67.2 Å². The van der Waals surface area contributed by atoms with Gasteiger partial charge in [-0.1, -0.05) is 91.0 Å². The van der Waals surface area contributed by atoms with Crippen molar-refractivity contribution in [1.29, 1.82) is 5.26 Å². The summed E-state index contributed by atoms with van der Waals surface area (Å²) in [6, 6.07) is 30.1. The number of rotatable bonds is 7. The summed E-state index contributed by atoms with van der Waals surface area (Å²) in [6.07, 6.45) is 1.04. The Morgan fingerprint density at radius 1 is 0.812 bits per heavy atom. The Bertz CT molecular complexity index is 1040. The van der Waals surface area contributed by atoms with Crippen LogP contribution in [0.15, 0.2) is 91.0 Å². The Morgan fingerprint density at radius 2 is 1.31 bits per heavy atom. The van der Waals surface area contributed by atoms with Crippen molar-refractivity contribution in [2.45, 2.75) is 37.4 Å². The first-order valence-corrected chi connectivity index (χ1v) is 10.9. The van der Waals surface area contributed by atoms with E-state index in [0.717, 1.165) is 5.56 Å². The maximum Gasteiger partial charge on any atom is 0.180 e. The quantitative estimate of drug-likeness (QED) is 0.454. The fourth-order valence-electron chi connectivity index (χ4n) is 4.51. The number of carbonyl (C=O) groups is 2. The maximum absolute atomic E-state index is 12.9. The third kappa shape index (κ3) is 4.85. The molecule has 4 nitrogen and oxygen atoms in total. The average Bonchev–Trinajstić information content (AvgIpc) is 2.85. The molecule has 1 fully saturated rings. The molecule has 4 heteroatoms. The third-order valence-electron chi connectivity index (χ3n) is 6.04. The van der Waals surface area contributed by atoms with Gasteiger partial charge in [-0.25, -0.2) is 0 Å². The molecule has 1 aliphatic heterocycles. The van der Waals surface area contributed by atoms with Crippen LogP contribution in [0.1, 0.15) is 52.0 Å². The Hall–Kier alpha value is -3.55.